The highest BCUT2D eigenvalue weighted by Crippen LogP contribution is 2.24. The minimum atomic E-state index is -4.61. The van der Waals surface area contributed by atoms with Gasteiger partial charge in [0.2, 0.25) is 0 Å². The first kappa shape index (κ1) is 58.6. The van der Waals surface area contributed by atoms with E-state index in [1.165, 1.54) is 96.3 Å². The highest BCUT2D eigenvalue weighted by Gasteiger charge is 2.46. The summed E-state index contributed by atoms with van der Waals surface area (Å²) in [6.07, 6.45) is 38.6. The van der Waals surface area contributed by atoms with Gasteiger partial charge in [-0.05, 0) is 51.4 Å². The number of unbranched alkanes of at least 4 members (excludes halogenated alkanes) is 21. The maximum Gasteiger partial charge on any atom is 0.306 e. The number of esters is 2. The van der Waals surface area contributed by atoms with Gasteiger partial charge >= 0.3 is 11.9 Å². The number of hydrogen-bond donors (Lipinski definition) is 4. The molecule has 1 rings (SSSR count). The van der Waals surface area contributed by atoms with E-state index in [9.17, 15) is 37.9 Å². The van der Waals surface area contributed by atoms with Crippen molar-refractivity contribution in [1.82, 2.24) is 0 Å². The molecule has 6 atom stereocenters. The zero-order valence-corrected chi connectivity index (χ0v) is 40.0. The second-order valence-electron chi connectivity index (χ2n) is 17.1. The van der Waals surface area contributed by atoms with Crippen LogP contribution in [0.2, 0.25) is 0 Å². The van der Waals surface area contributed by atoms with Crippen LogP contribution >= 0.6 is 0 Å². The van der Waals surface area contributed by atoms with E-state index in [0.29, 0.717) is 12.8 Å². The molecule has 0 amide bonds. The predicted octanol–water partition coefficient (Wildman–Crippen LogP) is 10.7. The van der Waals surface area contributed by atoms with Crippen LogP contribution < -0.4 is 0 Å². The van der Waals surface area contributed by atoms with Gasteiger partial charge in [0.1, 0.15) is 36.8 Å². The van der Waals surface area contributed by atoms with E-state index < -0.39 is 71.2 Å². The first-order valence-corrected chi connectivity index (χ1v) is 26.3. The quantitative estimate of drug-likeness (QED) is 0.0197. The van der Waals surface area contributed by atoms with Crippen molar-refractivity contribution in [2.45, 2.75) is 237 Å². The van der Waals surface area contributed by atoms with Gasteiger partial charge in [0, 0.05) is 12.8 Å². The van der Waals surface area contributed by atoms with Crippen LogP contribution in [0.25, 0.3) is 0 Å². The Hall–Kier alpha value is -2.39. The van der Waals surface area contributed by atoms with Gasteiger partial charge in [-0.3, -0.25) is 14.1 Å². The number of rotatable bonds is 41. The molecule has 0 saturated carbocycles. The number of allylic oxidation sites excluding steroid dienone is 8. The van der Waals surface area contributed by atoms with Crippen LogP contribution in [0.3, 0.4) is 0 Å². The maximum atomic E-state index is 12.8. The van der Waals surface area contributed by atoms with Gasteiger partial charge in [0.25, 0.3) is 10.1 Å². The van der Waals surface area contributed by atoms with Crippen LogP contribution in [-0.4, -0.2) is 96.0 Å². The van der Waals surface area contributed by atoms with E-state index in [-0.39, 0.29) is 19.4 Å². The summed E-state index contributed by atoms with van der Waals surface area (Å²) in [4.78, 5) is 25.5. The summed E-state index contributed by atoms with van der Waals surface area (Å²) in [5.74, 6) is -2.02. The summed E-state index contributed by atoms with van der Waals surface area (Å²) in [7, 11) is -4.61. The molecular formula is C50H88O12S. The second kappa shape index (κ2) is 39.9. The lowest BCUT2D eigenvalue weighted by atomic mass is 10.00. The fourth-order valence-electron chi connectivity index (χ4n) is 7.32. The normalized spacial score (nSPS) is 20.1. The molecule has 13 heteroatoms. The van der Waals surface area contributed by atoms with Gasteiger partial charge in [-0.25, -0.2) is 0 Å². The Morgan fingerprint density at radius 1 is 0.540 bits per heavy atom. The lowest BCUT2D eigenvalue weighted by Gasteiger charge is -2.40. The van der Waals surface area contributed by atoms with Crippen molar-refractivity contribution in [3.8, 4) is 0 Å². The number of carbonyl (C=O) groups is 2. The molecule has 0 aromatic heterocycles. The average Bonchev–Trinajstić information content (AvgIpc) is 3.25. The summed E-state index contributed by atoms with van der Waals surface area (Å²) < 4.78 is 54.1. The van der Waals surface area contributed by atoms with Crippen molar-refractivity contribution in [3.05, 3.63) is 48.6 Å². The van der Waals surface area contributed by atoms with Gasteiger partial charge < -0.3 is 34.3 Å². The molecule has 0 spiro atoms. The van der Waals surface area contributed by atoms with Crippen molar-refractivity contribution in [2.75, 3.05) is 19.0 Å². The molecule has 0 bridgehead atoms. The van der Waals surface area contributed by atoms with Crippen LogP contribution in [0.4, 0.5) is 0 Å². The fourth-order valence-corrected chi connectivity index (χ4v) is 8.01. The number of aliphatic hydroxyl groups excluding tert-OH is 3. The van der Waals surface area contributed by atoms with Crippen LogP contribution in [-0.2, 0) is 38.7 Å². The Kier molecular flexibility index (Phi) is 37.2. The van der Waals surface area contributed by atoms with Crippen molar-refractivity contribution in [3.63, 3.8) is 0 Å². The Bertz CT molecular complexity index is 1350. The topological polar surface area (TPSA) is 186 Å². The zero-order valence-electron chi connectivity index (χ0n) is 39.2. The molecule has 1 fully saturated rings. The van der Waals surface area contributed by atoms with E-state index in [1.54, 1.807) is 0 Å². The average molecular weight is 913 g/mol. The van der Waals surface area contributed by atoms with Crippen molar-refractivity contribution >= 4 is 22.1 Å². The molecule has 1 saturated heterocycles. The van der Waals surface area contributed by atoms with Gasteiger partial charge in [-0.2, -0.15) is 8.42 Å². The first-order valence-electron chi connectivity index (χ1n) is 24.7. The molecule has 0 radical (unpaired) electrons. The van der Waals surface area contributed by atoms with E-state index in [0.717, 1.165) is 64.2 Å². The lowest BCUT2D eigenvalue weighted by Crippen LogP contribution is -2.60. The van der Waals surface area contributed by atoms with Crippen LogP contribution in [0.15, 0.2) is 48.6 Å². The van der Waals surface area contributed by atoms with E-state index >= 15 is 0 Å². The molecule has 0 aromatic carbocycles. The smallest absolute Gasteiger partial charge is 0.306 e. The SMILES string of the molecule is CCC/C=C/C/C=C/C/C=C/C/C=C/CCCCCC(=O)O[C@H](COC(=O)CCCCCCCCCCCCCCCCCCCC)CO[C@H]1O[C@H](CS(=O)(=O)O)[C@@H](O)C(O)C1O. The summed E-state index contributed by atoms with van der Waals surface area (Å²) in [5.41, 5.74) is 0. The van der Waals surface area contributed by atoms with Gasteiger partial charge in [0.15, 0.2) is 12.4 Å². The first-order chi connectivity index (χ1) is 30.5. The minimum absolute atomic E-state index is 0.127. The zero-order chi connectivity index (χ0) is 46.2. The third-order valence-corrected chi connectivity index (χ3v) is 11.9. The standard InChI is InChI=1S/C50H88O12S/c1-3-5-7-9-11-13-15-17-19-21-23-24-26-28-30-32-34-36-38-45(51)59-40-43(41-60-50-49(55)48(54)47(53)44(62-50)42-63(56,57)58)61-46(52)39-37-35-33-31-29-27-25-22-20-18-16-14-12-10-8-6-4-2/h8,10,14,16,20,22,27,29,43-44,47-50,53-55H,3-7,9,11-13,15,17-19,21,23-26,28,30-42H2,1-2H3,(H,56,57,58)/b10-8+,16-14+,22-20+,29-27+/t43-,44-,47-,48?,49?,50+/m1/s1. The van der Waals surface area contributed by atoms with Gasteiger partial charge in [-0.15, -0.1) is 0 Å². The number of ether oxygens (including phenoxy) is 4. The Morgan fingerprint density at radius 3 is 1.48 bits per heavy atom. The van der Waals surface area contributed by atoms with Crippen molar-refractivity contribution < 1.29 is 56.8 Å². The number of aliphatic hydroxyl groups is 3. The molecule has 0 aliphatic carbocycles. The molecule has 1 aliphatic rings. The third kappa shape index (κ3) is 34.6. The number of hydrogen-bond acceptors (Lipinski definition) is 11. The second-order valence-corrected chi connectivity index (χ2v) is 18.6. The summed E-state index contributed by atoms with van der Waals surface area (Å²) in [5, 5.41) is 30.9. The monoisotopic (exact) mass is 913 g/mol. The molecule has 12 nitrogen and oxygen atoms in total. The number of carbonyl (C=O) groups excluding carboxylic acids is 2. The van der Waals surface area contributed by atoms with E-state index in [1.807, 2.05) is 0 Å². The largest absolute Gasteiger partial charge is 0.462 e. The molecule has 366 valence electrons. The van der Waals surface area contributed by atoms with E-state index in [4.69, 9.17) is 18.9 Å². The summed E-state index contributed by atoms with van der Waals surface area (Å²) in [6.45, 7) is 3.69. The maximum absolute atomic E-state index is 12.8. The van der Waals surface area contributed by atoms with Crippen molar-refractivity contribution in [2.24, 2.45) is 0 Å². The Balaban J connectivity index is 2.42. The third-order valence-electron chi connectivity index (χ3n) is 11.1. The Morgan fingerprint density at radius 2 is 0.984 bits per heavy atom. The molecule has 0 aromatic rings. The van der Waals surface area contributed by atoms with Crippen LogP contribution in [0.1, 0.15) is 200 Å². The molecule has 2 unspecified atom stereocenters. The van der Waals surface area contributed by atoms with Gasteiger partial charge in [-0.1, -0.05) is 184 Å². The fraction of sp³-hybridized carbons (Fsp3) is 0.800. The van der Waals surface area contributed by atoms with Crippen molar-refractivity contribution in [1.29, 1.82) is 0 Å². The molecular weight excluding hydrogens is 825 g/mol. The molecule has 63 heavy (non-hydrogen) atoms. The van der Waals surface area contributed by atoms with Crippen LogP contribution in [0.5, 0.6) is 0 Å². The molecule has 4 N–H and O–H groups in total. The van der Waals surface area contributed by atoms with E-state index in [2.05, 4.69) is 62.5 Å². The van der Waals surface area contributed by atoms with Gasteiger partial charge in [0.05, 0.1) is 6.61 Å². The lowest BCUT2D eigenvalue weighted by molar-refractivity contribution is -0.297. The Labute approximate surface area is 382 Å². The highest BCUT2D eigenvalue weighted by atomic mass is 32.2. The van der Waals surface area contributed by atoms with Crippen LogP contribution in [0, 0.1) is 0 Å². The minimum Gasteiger partial charge on any atom is -0.462 e. The molecule has 1 heterocycles. The summed E-state index contributed by atoms with van der Waals surface area (Å²) in [6, 6.07) is 0. The highest BCUT2D eigenvalue weighted by molar-refractivity contribution is 7.85. The predicted molar refractivity (Wildman–Crippen MR) is 252 cm³/mol. The molecule has 1 aliphatic heterocycles. The summed E-state index contributed by atoms with van der Waals surface area (Å²) >= 11 is 0.